The van der Waals surface area contributed by atoms with Crippen molar-refractivity contribution < 1.29 is 0 Å². The van der Waals surface area contributed by atoms with Gasteiger partial charge in [-0.05, 0) is 78.7 Å². The van der Waals surface area contributed by atoms with E-state index in [1.807, 2.05) is 12.5 Å². The summed E-state index contributed by atoms with van der Waals surface area (Å²) >= 11 is 0. The van der Waals surface area contributed by atoms with Gasteiger partial charge < -0.3 is 4.57 Å². The maximum Gasteiger partial charge on any atom is 0.0950 e. The van der Waals surface area contributed by atoms with Crippen LogP contribution in [-0.2, 0) is 6.54 Å². The van der Waals surface area contributed by atoms with Crippen LogP contribution in [0.1, 0.15) is 79.3 Å². The molecule has 0 aromatic carbocycles. The number of hydrogen-bond donors (Lipinski definition) is 0. The van der Waals surface area contributed by atoms with Crippen molar-refractivity contribution >= 4 is 6.08 Å². The molecule has 1 aromatic rings. The van der Waals surface area contributed by atoms with E-state index in [9.17, 15) is 0 Å². The Hall–Kier alpha value is -1.57. The second kappa shape index (κ2) is 11.1. The van der Waals surface area contributed by atoms with Gasteiger partial charge in [0.05, 0.1) is 18.2 Å². The van der Waals surface area contributed by atoms with Crippen LogP contribution >= 0.6 is 0 Å². The molecule has 1 aromatic heterocycles. The molecule has 1 heterocycles. The van der Waals surface area contributed by atoms with E-state index < -0.39 is 0 Å². The van der Waals surface area contributed by atoms with E-state index >= 15 is 0 Å². The van der Waals surface area contributed by atoms with Gasteiger partial charge >= 0.3 is 0 Å². The normalized spacial score (nSPS) is 12.8. The summed E-state index contributed by atoms with van der Waals surface area (Å²) < 4.78 is 2.29. The molecule has 134 valence electrons. The molecule has 0 saturated heterocycles. The molecular formula is C22H36N2. The molecule has 0 radical (unpaired) electrons. The first-order valence-corrected chi connectivity index (χ1v) is 9.32. The van der Waals surface area contributed by atoms with Gasteiger partial charge in [-0.25, -0.2) is 4.98 Å². The maximum absolute atomic E-state index is 4.34. The fourth-order valence-corrected chi connectivity index (χ4v) is 2.71. The highest BCUT2D eigenvalue weighted by molar-refractivity contribution is 5.47. The second-order valence-electron chi connectivity index (χ2n) is 7.58. The van der Waals surface area contributed by atoms with Crippen LogP contribution in [0, 0.1) is 5.92 Å². The summed E-state index contributed by atoms with van der Waals surface area (Å²) in [5, 5.41) is 0. The van der Waals surface area contributed by atoms with Crippen LogP contribution in [0.5, 0.6) is 0 Å². The first kappa shape index (κ1) is 20.5. The molecule has 2 heteroatoms. The number of imidazole rings is 1. The van der Waals surface area contributed by atoms with E-state index in [2.05, 4.69) is 69.3 Å². The van der Waals surface area contributed by atoms with Gasteiger partial charge in [0.15, 0.2) is 0 Å². The summed E-state index contributed by atoms with van der Waals surface area (Å²) in [6, 6.07) is 0. The summed E-state index contributed by atoms with van der Waals surface area (Å²) in [6.45, 7) is 14.3. The van der Waals surface area contributed by atoms with Gasteiger partial charge in [-0.15, -0.1) is 0 Å². The van der Waals surface area contributed by atoms with Gasteiger partial charge in [0, 0.05) is 6.54 Å². The predicted octanol–water partition coefficient (Wildman–Crippen LogP) is 6.81. The zero-order chi connectivity index (χ0) is 17.9. The highest BCUT2D eigenvalue weighted by Crippen LogP contribution is 2.16. The molecule has 24 heavy (non-hydrogen) atoms. The highest BCUT2D eigenvalue weighted by Gasteiger charge is 2.05. The monoisotopic (exact) mass is 328 g/mol. The minimum absolute atomic E-state index is 0.749. The molecule has 0 spiro atoms. The van der Waals surface area contributed by atoms with Gasteiger partial charge in [-0.1, -0.05) is 35.8 Å². The third-order valence-corrected chi connectivity index (χ3v) is 4.30. The third-order valence-electron chi connectivity index (χ3n) is 4.30. The van der Waals surface area contributed by atoms with Crippen molar-refractivity contribution in [3.63, 3.8) is 0 Å². The number of hydrogen-bond acceptors (Lipinski definition) is 1. The van der Waals surface area contributed by atoms with Gasteiger partial charge in [-0.2, -0.15) is 0 Å². The average Bonchev–Trinajstić information content (AvgIpc) is 2.91. The van der Waals surface area contributed by atoms with Crippen LogP contribution in [-0.4, -0.2) is 9.55 Å². The highest BCUT2D eigenvalue weighted by atomic mass is 15.0. The van der Waals surface area contributed by atoms with Crippen molar-refractivity contribution in [2.75, 3.05) is 0 Å². The standard InChI is InChI=1S/C22H36N2/c1-18(2)9-7-11-20(5)13-14-24-17-23-16-22(24)15-21(6)12-8-10-19(3)4/h9-10,15-17,20H,7-8,11-14H2,1-6H3/b21-15+. The van der Waals surface area contributed by atoms with Crippen LogP contribution in [0.25, 0.3) is 6.08 Å². The third kappa shape index (κ3) is 8.90. The molecule has 0 fully saturated rings. The van der Waals surface area contributed by atoms with Crippen molar-refractivity contribution in [1.82, 2.24) is 9.55 Å². The first-order chi connectivity index (χ1) is 11.4. The summed E-state index contributed by atoms with van der Waals surface area (Å²) in [5.41, 5.74) is 5.48. The predicted molar refractivity (Wildman–Crippen MR) is 107 cm³/mol. The van der Waals surface area contributed by atoms with Crippen LogP contribution in [0.15, 0.2) is 41.4 Å². The lowest BCUT2D eigenvalue weighted by atomic mass is 10.0. The van der Waals surface area contributed by atoms with Gasteiger partial charge in [0.2, 0.25) is 0 Å². The lowest BCUT2D eigenvalue weighted by Crippen LogP contribution is -2.04. The summed E-state index contributed by atoms with van der Waals surface area (Å²) in [5.74, 6) is 0.749. The number of aryl methyl sites for hydroxylation is 1. The molecule has 0 saturated carbocycles. The van der Waals surface area contributed by atoms with Crippen molar-refractivity contribution in [3.8, 4) is 0 Å². The van der Waals surface area contributed by atoms with E-state index in [1.165, 1.54) is 41.7 Å². The molecule has 0 N–H and O–H groups in total. The summed E-state index contributed by atoms with van der Waals surface area (Å²) in [7, 11) is 0. The smallest absolute Gasteiger partial charge is 0.0950 e. The number of allylic oxidation sites excluding steroid dienone is 5. The number of nitrogens with zero attached hydrogens (tertiary/aromatic N) is 2. The number of rotatable bonds is 10. The Morgan fingerprint density at radius 3 is 2.38 bits per heavy atom. The minimum Gasteiger partial charge on any atom is -0.331 e. The van der Waals surface area contributed by atoms with Crippen molar-refractivity contribution in [3.05, 3.63) is 47.1 Å². The van der Waals surface area contributed by atoms with Gasteiger partial charge in [0.1, 0.15) is 0 Å². The second-order valence-corrected chi connectivity index (χ2v) is 7.58. The van der Waals surface area contributed by atoms with E-state index in [0.29, 0.717) is 0 Å². The minimum atomic E-state index is 0.749. The Labute approximate surface area is 149 Å². The van der Waals surface area contributed by atoms with Crippen molar-refractivity contribution in [2.45, 2.75) is 80.2 Å². The van der Waals surface area contributed by atoms with Gasteiger partial charge in [0.25, 0.3) is 0 Å². The van der Waals surface area contributed by atoms with E-state index in [-0.39, 0.29) is 0 Å². The Balaban J connectivity index is 2.49. The Morgan fingerprint density at radius 2 is 1.71 bits per heavy atom. The zero-order valence-corrected chi connectivity index (χ0v) is 16.6. The summed E-state index contributed by atoms with van der Waals surface area (Å²) in [4.78, 5) is 4.34. The van der Waals surface area contributed by atoms with Gasteiger partial charge in [-0.3, -0.25) is 0 Å². The van der Waals surface area contributed by atoms with E-state index in [1.54, 1.807) is 0 Å². The van der Waals surface area contributed by atoms with E-state index in [0.717, 1.165) is 25.3 Å². The fraction of sp³-hybridized carbons (Fsp3) is 0.591. The zero-order valence-electron chi connectivity index (χ0n) is 16.6. The maximum atomic E-state index is 4.34. The molecule has 0 aliphatic rings. The quantitative estimate of drug-likeness (QED) is 0.431. The van der Waals surface area contributed by atoms with Crippen LogP contribution in [0.4, 0.5) is 0 Å². The molecule has 1 unspecified atom stereocenters. The largest absolute Gasteiger partial charge is 0.331 e. The van der Waals surface area contributed by atoms with Crippen LogP contribution in [0.3, 0.4) is 0 Å². The Morgan fingerprint density at radius 1 is 1.04 bits per heavy atom. The molecule has 0 amide bonds. The summed E-state index contributed by atoms with van der Waals surface area (Å²) in [6.07, 6.45) is 16.8. The molecule has 1 rings (SSSR count). The number of aromatic nitrogens is 2. The Kier molecular flexibility index (Phi) is 9.44. The van der Waals surface area contributed by atoms with Crippen molar-refractivity contribution in [2.24, 2.45) is 5.92 Å². The van der Waals surface area contributed by atoms with Crippen LogP contribution in [0.2, 0.25) is 0 Å². The fourth-order valence-electron chi connectivity index (χ4n) is 2.71. The molecule has 1 atom stereocenters. The average molecular weight is 329 g/mol. The first-order valence-electron chi connectivity index (χ1n) is 9.32. The molecule has 0 aliphatic carbocycles. The van der Waals surface area contributed by atoms with Crippen LogP contribution < -0.4 is 0 Å². The Bertz CT molecular complexity index is 565. The van der Waals surface area contributed by atoms with E-state index in [4.69, 9.17) is 0 Å². The molecular weight excluding hydrogens is 292 g/mol. The molecule has 0 bridgehead atoms. The molecule has 2 nitrogen and oxygen atoms in total. The van der Waals surface area contributed by atoms with Crippen molar-refractivity contribution in [1.29, 1.82) is 0 Å². The lowest BCUT2D eigenvalue weighted by Gasteiger charge is -2.12. The lowest BCUT2D eigenvalue weighted by molar-refractivity contribution is 0.453. The molecule has 0 aliphatic heterocycles. The topological polar surface area (TPSA) is 17.8 Å². The SMILES string of the molecule is CC(C)=CCC/C(C)=C/c1cncn1CCC(C)CCC=C(C)C.